The molecular formula is C13H24N2O. The van der Waals surface area contributed by atoms with Crippen LogP contribution in [-0.2, 0) is 4.79 Å². The van der Waals surface area contributed by atoms with Crippen molar-refractivity contribution in [3.8, 4) is 0 Å². The van der Waals surface area contributed by atoms with E-state index in [9.17, 15) is 4.79 Å². The van der Waals surface area contributed by atoms with Gasteiger partial charge in [-0.05, 0) is 39.7 Å². The van der Waals surface area contributed by atoms with Gasteiger partial charge in [0, 0.05) is 24.5 Å². The van der Waals surface area contributed by atoms with E-state index in [1.165, 1.54) is 0 Å². The Hall–Kier alpha value is -0.410. The minimum absolute atomic E-state index is 0.0987. The molecule has 2 fully saturated rings. The van der Waals surface area contributed by atoms with Gasteiger partial charge in [-0.25, -0.2) is 0 Å². The minimum Gasteiger partial charge on any atom is -0.312 e. The third kappa shape index (κ3) is 1.91. The number of nitrogens with one attached hydrogen (secondary N) is 1. The molecule has 2 heterocycles. The fourth-order valence-electron chi connectivity index (χ4n) is 3.24. The fourth-order valence-corrected chi connectivity index (χ4v) is 3.24. The van der Waals surface area contributed by atoms with Gasteiger partial charge in [0.1, 0.15) is 5.78 Å². The Labute approximate surface area is 98.6 Å². The molecule has 2 aliphatic rings. The molecule has 3 nitrogen and oxygen atoms in total. The molecule has 0 bridgehead atoms. The summed E-state index contributed by atoms with van der Waals surface area (Å²) in [6, 6.07) is 0.699. The number of carbonyl (C=O) groups excluding carboxylic acids is 1. The summed E-state index contributed by atoms with van der Waals surface area (Å²) in [5, 5.41) is 3.54. The molecule has 3 heteroatoms. The third-order valence-corrected chi connectivity index (χ3v) is 4.08. The lowest BCUT2D eigenvalue weighted by atomic mass is 9.91. The van der Waals surface area contributed by atoms with Gasteiger partial charge in [0.05, 0.1) is 6.04 Å². The fraction of sp³-hybridized carbons (Fsp3) is 0.923. The standard InChI is InChI=1S/C13H24N2O/c1-5-11(16)12-9-6-7-14-10(9)8-15(12)13(2,3)4/h9-10,12,14H,5-8H2,1-4H3. The number of hydrogen-bond donors (Lipinski definition) is 1. The average Bonchev–Trinajstić information content (AvgIpc) is 2.73. The predicted octanol–water partition coefficient (Wildman–Crippen LogP) is 1.43. The van der Waals surface area contributed by atoms with Crippen molar-refractivity contribution in [2.45, 2.75) is 58.2 Å². The van der Waals surface area contributed by atoms with Crippen LogP contribution in [0.3, 0.4) is 0 Å². The Morgan fingerprint density at radius 2 is 2.12 bits per heavy atom. The summed E-state index contributed by atoms with van der Waals surface area (Å²) in [7, 11) is 0. The molecular weight excluding hydrogens is 200 g/mol. The van der Waals surface area contributed by atoms with Crippen molar-refractivity contribution in [2.24, 2.45) is 5.92 Å². The van der Waals surface area contributed by atoms with Gasteiger partial charge in [0.25, 0.3) is 0 Å². The molecule has 0 spiro atoms. The van der Waals surface area contributed by atoms with Gasteiger partial charge >= 0.3 is 0 Å². The maximum absolute atomic E-state index is 12.1. The zero-order valence-corrected chi connectivity index (χ0v) is 10.9. The van der Waals surface area contributed by atoms with Gasteiger partial charge in [0.15, 0.2) is 0 Å². The van der Waals surface area contributed by atoms with Gasteiger partial charge < -0.3 is 5.32 Å². The number of ketones is 1. The summed E-state index contributed by atoms with van der Waals surface area (Å²) in [6.45, 7) is 10.7. The largest absolute Gasteiger partial charge is 0.312 e. The molecule has 0 aromatic carbocycles. The summed E-state index contributed by atoms with van der Waals surface area (Å²) in [5.74, 6) is 0.970. The van der Waals surface area contributed by atoms with E-state index in [0.29, 0.717) is 24.2 Å². The van der Waals surface area contributed by atoms with Gasteiger partial charge in [-0.1, -0.05) is 6.92 Å². The van der Waals surface area contributed by atoms with Crippen LogP contribution in [0.2, 0.25) is 0 Å². The molecule has 16 heavy (non-hydrogen) atoms. The van der Waals surface area contributed by atoms with Crippen molar-refractivity contribution in [2.75, 3.05) is 13.1 Å². The molecule has 1 N–H and O–H groups in total. The SMILES string of the molecule is CCC(=O)C1C2CCNC2CN1C(C)(C)C. The number of fused-ring (bicyclic) bond motifs is 1. The zero-order chi connectivity index (χ0) is 11.9. The Balaban J connectivity index is 2.23. The van der Waals surface area contributed by atoms with Crippen molar-refractivity contribution < 1.29 is 4.79 Å². The summed E-state index contributed by atoms with van der Waals surface area (Å²) in [5.41, 5.74) is 0.0987. The Bertz CT molecular complexity index is 282. The molecule has 92 valence electrons. The predicted molar refractivity (Wildman–Crippen MR) is 65.4 cm³/mol. The Morgan fingerprint density at radius 3 is 2.69 bits per heavy atom. The minimum atomic E-state index is 0.0987. The topological polar surface area (TPSA) is 32.3 Å². The number of nitrogens with zero attached hydrogens (tertiary/aromatic N) is 1. The second kappa shape index (κ2) is 4.11. The Morgan fingerprint density at radius 1 is 1.44 bits per heavy atom. The van der Waals surface area contributed by atoms with Crippen molar-refractivity contribution >= 4 is 5.78 Å². The Kier molecular flexibility index (Phi) is 3.10. The molecule has 0 aliphatic carbocycles. The quantitative estimate of drug-likeness (QED) is 0.770. The van der Waals surface area contributed by atoms with Crippen LogP contribution in [0.1, 0.15) is 40.5 Å². The van der Waals surface area contributed by atoms with E-state index in [1.807, 2.05) is 6.92 Å². The average molecular weight is 224 g/mol. The van der Waals surface area contributed by atoms with Crippen LogP contribution in [0, 0.1) is 5.92 Å². The van der Waals surface area contributed by atoms with E-state index in [1.54, 1.807) is 0 Å². The molecule has 2 aliphatic heterocycles. The first-order chi connectivity index (χ1) is 7.45. The molecule has 3 unspecified atom stereocenters. The van der Waals surface area contributed by atoms with Crippen LogP contribution in [-0.4, -0.2) is 41.4 Å². The second-order valence-corrected chi connectivity index (χ2v) is 6.10. The highest BCUT2D eigenvalue weighted by Crippen LogP contribution is 2.36. The van der Waals surface area contributed by atoms with Gasteiger partial charge in [-0.15, -0.1) is 0 Å². The van der Waals surface area contributed by atoms with Gasteiger partial charge in [-0.2, -0.15) is 0 Å². The maximum Gasteiger partial charge on any atom is 0.150 e. The number of rotatable bonds is 2. The first kappa shape index (κ1) is 12.1. The van der Waals surface area contributed by atoms with Gasteiger partial charge in [-0.3, -0.25) is 9.69 Å². The molecule has 2 rings (SSSR count). The molecule has 2 saturated heterocycles. The van der Waals surface area contributed by atoms with Crippen LogP contribution in [0.15, 0.2) is 0 Å². The van der Waals surface area contributed by atoms with Gasteiger partial charge in [0.2, 0.25) is 0 Å². The van der Waals surface area contributed by atoms with Crippen molar-refractivity contribution in [1.29, 1.82) is 0 Å². The lowest BCUT2D eigenvalue weighted by molar-refractivity contribution is -0.126. The van der Waals surface area contributed by atoms with Crippen LogP contribution in [0.5, 0.6) is 0 Å². The highest BCUT2D eigenvalue weighted by atomic mass is 16.1. The van der Waals surface area contributed by atoms with E-state index < -0.39 is 0 Å². The lowest BCUT2D eigenvalue weighted by Gasteiger charge is -2.37. The summed E-state index contributed by atoms with van der Waals surface area (Å²) >= 11 is 0. The summed E-state index contributed by atoms with van der Waals surface area (Å²) < 4.78 is 0. The summed E-state index contributed by atoms with van der Waals surface area (Å²) in [6.07, 6.45) is 1.83. The third-order valence-electron chi connectivity index (χ3n) is 4.08. The number of hydrogen-bond acceptors (Lipinski definition) is 3. The molecule has 0 amide bonds. The zero-order valence-electron chi connectivity index (χ0n) is 10.9. The van der Waals surface area contributed by atoms with Crippen LogP contribution >= 0.6 is 0 Å². The number of Topliss-reactive ketones (excluding diaryl/α,β-unsaturated/α-hetero) is 1. The first-order valence-corrected chi connectivity index (χ1v) is 6.48. The van der Waals surface area contributed by atoms with Crippen LogP contribution in [0.4, 0.5) is 0 Å². The molecule has 0 radical (unpaired) electrons. The number of likely N-dealkylation sites (tertiary alicyclic amines) is 1. The highest BCUT2D eigenvalue weighted by Gasteiger charge is 2.49. The van der Waals surface area contributed by atoms with Crippen LogP contribution in [0.25, 0.3) is 0 Å². The van der Waals surface area contributed by atoms with E-state index in [-0.39, 0.29) is 11.6 Å². The van der Waals surface area contributed by atoms with Crippen molar-refractivity contribution in [1.82, 2.24) is 10.2 Å². The number of carbonyl (C=O) groups is 1. The normalized spacial score (nSPS) is 35.4. The van der Waals surface area contributed by atoms with Crippen LogP contribution < -0.4 is 5.32 Å². The molecule has 0 aromatic rings. The molecule has 0 saturated carbocycles. The maximum atomic E-state index is 12.1. The monoisotopic (exact) mass is 224 g/mol. The summed E-state index contributed by atoms with van der Waals surface area (Å²) in [4.78, 5) is 14.5. The highest BCUT2D eigenvalue weighted by molar-refractivity contribution is 5.84. The lowest BCUT2D eigenvalue weighted by Crippen LogP contribution is -2.50. The van der Waals surface area contributed by atoms with E-state index in [4.69, 9.17) is 0 Å². The van der Waals surface area contributed by atoms with Crippen molar-refractivity contribution in [3.05, 3.63) is 0 Å². The first-order valence-electron chi connectivity index (χ1n) is 6.48. The van der Waals surface area contributed by atoms with Crippen molar-refractivity contribution in [3.63, 3.8) is 0 Å². The molecule has 3 atom stereocenters. The van der Waals surface area contributed by atoms with E-state index in [0.717, 1.165) is 19.5 Å². The van der Waals surface area contributed by atoms with E-state index in [2.05, 4.69) is 31.0 Å². The second-order valence-electron chi connectivity index (χ2n) is 6.10. The van der Waals surface area contributed by atoms with E-state index >= 15 is 0 Å². The smallest absolute Gasteiger partial charge is 0.150 e. The molecule has 0 aromatic heterocycles.